The van der Waals surface area contributed by atoms with E-state index in [0.717, 1.165) is 37.2 Å². The monoisotopic (exact) mass is 401 g/mol. The van der Waals surface area contributed by atoms with Gasteiger partial charge in [-0.25, -0.2) is 0 Å². The number of aliphatic hydroxyl groups excluding tert-OH is 1. The van der Waals surface area contributed by atoms with Crippen molar-refractivity contribution in [1.29, 1.82) is 0 Å². The van der Waals surface area contributed by atoms with Gasteiger partial charge < -0.3 is 14.6 Å². The minimum atomic E-state index is -0.409. The van der Waals surface area contributed by atoms with E-state index in [4.69, 9.17) is 0 Å². The van der Waals surface area contributed by atoms with Crippen molar-refractivity contribution < 1.29 is 9.90 Å². The molecule has 5 heteroatoms. The molecule has 1 amide bonds. The number of carbonyl (C=O) groups excluding carboxylic acids is 1. The molecule has 1 saturated heterocycles. The van der Waals surface area contributed by atoms with E-state index in [1.165, 1.54) is 16.5 Å². The Hall–Kier alpha value is -2.92. The number of piperidine rings is 1. The average Bonchev–Trinajstić information content (AvgIpc) is 3.37. The van der Waals surface area contributed by atoms with Crippen molar-refractivity contribution >= 4 is 23.0 Å². The molecule has 0 saturated carbocycles. The molecule has 5 rings (SSSR count). The van der Waals surface area contributed by atoms with Crippen molar-refractivity contribution in [2.75, 3.05) is 13.1 Å². The first-order chi connectivity index (χ1) is 14.7. The standard InChI is InChI=1S/C25H27N3O2/c29-24(15-22-20-8-4-5-9-21(20)23-16-26-17-28(22)23)19-10-12-27(13-11-19)25(30)14-18-6-2-1-3-7-18/h1-9,17,19,24,29H,10-16H2/t24-/m0/s1. The summed E-state index contributed by atoms with van der Waals surface area (Å²) in [4.78, 5) is 19.0. The third kappa shape index (κ3) is 3.54. The molecule has 1 fully saturated rings. The van der Waals surface area contributed by atoms with E-state index in [0.29, 0.717) is 19.4 Å². The van der Waals surface area contributed by atoms with Crippen LogP contribution in [-0.4, -0.2) is 46.0 Å². The lowest BCUT2D eigenvalue weighted by molar-refractivity contribution is -0.132. The summed E-state index contributed by atoms with van der Waals surface area (Å²) in [6.45, 7) is 2.16. The summed E-state index contributed by atoms with van der Waals surface area (Å²) >= 11 is 0. The Labute approximate surface area is 176 Å². The Kier molecular flexibility index (Phi) is 5.13. The van der Waals surface area contributed by atoms with E-state index in [9.17, 15) is 9.90 Å². The molecule has 3 aromatic rings. The van der Waals surface area contributed by atoms with Crippen LogP contribution in [0, 0.1) is 5.92 Å². The number of benzene rings is 2. The van der Waals surface area contributed by atoms with Gasteiger partial charge in [0.15, 0.2) is 0 Å². The van der Waals surface area contributed by atoms with E-state index in [-0.39, 0.29) is 11.8 Å². The van der Waals surface area contributed by atoms with E-state index in [1.54, 1.807) is 0 Å². The predicted molar refractivity (Wildman–Crippen MR) is 119 cm³/mol. The molecule has 2 aliphatic rings. The van der Waals surface area contributed by atoms with Crippen LogP contribution in [0.5, 0.6) is 0 Å². The summed E-state index contributed by atoms with van der Waals surface area (Å²) < 4.78 is 2.16. The summed E-state index contributed by atoms with van der Waals surface area (Å²) in [6, 6.07) is 18.3. The highest BCUT2D eigenvalue weighted by Gasteiger charge is 2.29. The molecule has 0 unspecified atom stereocenters. The Bertz CT molecular complexity index is 1080. The second-order valence-electron chi connectivity index (χ2n) is 8.42. The molecule has 5 nitrogen and oxygen atoms in total. The fourth-order valence-electron chi connectivity index (χ4n) is 4.91. The number of fused-ring (bicyclic) bond motifs is 3. The van der Waals surface area contributed by atoms with Gasteiger partial charge in [0.25, 0.3) is 0 Å². The van der Waals surface area contributed by atoms with Gasteiger partial charge in [-0.05, 0) is 24.3 Å². The number of aliphatic imine (C=N–C) groups is 1. The van der Waals surface area contributed by atoms with Crippen molar-refractivity contribution in [2.24, 2.45) is 10.9 Å². The lowest BCUT2D eigenvalue weighted by Crippen LogP contribution is -2.42. The molecule has 2 aromatic carbocycles. The van der Waals surface area contributed by atoms with Gasteiger partial charge in [-0.1, -0.05) is 54.6 Å². The van der Waals surface area contributed by atoms with Gasteiger partial charge in [-0.15, -0.1) is 0 Å². The number of nitrogens with zero attached hydrogens (tertiary/aromatic N) is 3. The van der Waals surface area contributed by atoms with Crippen molar-refractivity contribution in [3.8, 4) is 0 Å². The topological polar surface area (TPSA) is 57.8 Å². The molecule has 30 heavy (non-hydrogen) atoms. The Morgan fingerprint density at radius 2 is 1.73 bits per heavy atom. The summed E-state index contributed by atoms with van der Waals surface area (Å²) in [5.74, 6) is 0.398. The van der Waals surface area contributed by atoms with Gasteiger partial charge >= 0.3 is 0 Å². The molecular formula is C25H27N3O2. The van der Waals surface area contributed by atoms with Crippen molar-refractivity contribution in [3.05, 3.63) is 71.5 Å². The van der Waals surface area contributed by atoms with Gasteiger partial charge in [-0.2, -0.15) is 0 Å². The van der Waals surface area contributed by atoms with Gasteiger partial charge in [-0.3, -0.25) is 9.79 Å². The maximum Gasteiger partial charge on any atom is 0.226 e. The highest BCUT2D eigenvalue weighted by Crippen LogP contribution is 2.31. The van der Waals surface area contributed by atoms with Gasteiger partial charge in [0.2, 0.25) is 5.91 Å². The molecule has 3 heterocycles. The number of aliphatic hydroxyl groups is 1. The van der Waals surface area contributed by atoms with Crippen LogP contribution in [0.15, 0.2) is 59.6 Å². The fraction of sp³-hybridized carbons (Fsp3) is 0.360. The number of hydrogen-bond donors (Lipinski definition) is 1. The number of likely N-dealkylation sites (tertiary alicyclic amines) is 1. The van der Waals surface area contributed by atoms with E-state index in [1.807, 2.05) is 41.6 Å². The van der Waals surface area contributed by atoms with Crippen LogP contribution in [0.1, 0.15) is 29.8 Å². The maximum absolute atomic E-state index is 12.6. The predicted octanol–water partition coefficient (Wildman–Crippen LogP) is 3.42. The number of aromatic nitrogens is 1. The highest BCUT2D eigenvalue weighted by molar-refractivity contribution is 5.93. The molecule has 0 spiro atoms. The lowest BCUT2D eigenvalue weighted by Gasteiger charge is -2.34. The van der Waals surface area contributed by atoms with Gasteiger partial charge in [0.1, 0.15) is 0 Å². The zero-order chi connectivity index (χ0) is 20.5. The average molecular weight is 402 g/mol. The van der Waals surface area contributed by atoms with Crippen LogP contribution in [0.3, 0.4) is 0 Å². The van der Waals surface area contributed by atoms with Crippen LogP contribution < -0.4 is 0 Å². The summed E-state index contributed by atoms with van der Waals surface area (Å²) in [5, 5.41) is 13.5. The molecule has 1 atom stereocenters. The second kappa shape index (κ2) is 8.07. The first-order valence-electron chi connectivity index (χ1n) is 10.8. The molecule has 2 aliphatic heterocycles. The molecule has 1 N–H and O–H groups in total. The lowest BCUT2D eigenvalue weighted by atomic mass is 9.88. The summed E-state index contributed by atoms with van der Waals surface area (Å²) in [5.41, 5.74) is 3.42. The number of hydrogen-bond acceptors (Lipinski definition) is 3. The highest BCUT2D eigenvalue weighted by atomic mass is 16.3. The van der Waals surface area contributed by atoms with Crippen molar-refractivity contribution in [1.82, 2.24) is 9.47 Å². The van der Waals surface area contributed by atoms with Crippen LogP contribution >= 0.6 is 0 Å². The van der Waals surface area contributed by atoms with Crippen LogP contribution in [0.2, 0.25) is 0 Å². The molecule has 0 radical (unpaired) electrons. The second-order valence-corrected chi connectivity index (χ2v) is 8.42. The Balaban J connectivity index is 1.23. The van der Waals surface area contributed by atoms with E-state index >= 15 is 0 Å². The molecule has 0 bridgehead atoms. The minimum absolute atomic E-state index is 0.181. The van der Waals surface area contributed by atoms with Gasteiger partial charge in [0, 0.05) is 36.0 Å². The van der Waals surface area contributed by atoms with Crippen molar-refractivity contribution in [2.45, 2.75) is 38.3 Å². The zero-order valence-electron chi connectivity index (χ0n) is 17.1. The third-order valence-electron chi connectivity index (χ3n) is 6.61. The van der Waals surface area contributed by atoms with Crippen molar-refractivity contribution in [3.63, 3.8) is 0 Å². The van der Waals surface area contributed by atoms with Crippen LogP contribution in [-0.2, 0) is 24.2 Å². The molecular weight excluding hydrogens is 374 g/mol. The number of rotatable bonds is 5. The molecule has 154 valence electrons. The normalized spacial score (nSPS) is 17.4. The third-order valence-corrected chi connectivity index (χ3v) is 6.61. The first-order valence-corrected chi connectivity index (χ1v) is 10.8. The van der Waals surface area contributed by atoms with E-state index in [2.05, 4.69) is 33.8 Å². The Morgan fingerprint density at radius 3 is 2.50 bits per heavy atom. The maximum atomic E-state index is 12.6. The number of amides is 1. The SMILES string of the molecule is O=C(Cc1ccccc1)N1CCC([C@@H](O)Cc2c3ccccc3c3n2C=NC3)CC1. The fourth-order valence-corrected chi connectivity index (χ4v) is 4.91. The smallest absolute Gasteiger partial charge is 0.226 e. The summed E-state index contributed by atoms with van der Waals surface area (Å²) in [6.07, 6.45) is 4.25. The quantitative estimate of drug-likeness (QED) is 0.712. The zero-order valence-corrected chi connectivity index (χ0v) is 17.1. The first kappa shape index (κ1) is 19.1. The molecule has 1 aromatic heterocycles. The largest absolute Gasteiger partial charge is 0.392 e. The molecule has 0 aliphatic carbocycles. The minimum Gasteiger partial charge on any atom is -0.392 e. The number of carbonyl (C=O) groups is 1. The summed E-state index contributed by atoms with van der Waals surface area (Å²) in [7, 11) is 0. The van der Waals surface area contributed by atoms with Crippen LogP contribution in [0.25, 0.3) is 10.8 Å². The van der Waals surface area contributed by atoms with Gasteiger partial charge in [0.05, 0.1) is 31.1 Å². The Morgan fingerprint density at radius 1 is 1.03 bits per heavy atom. The van der Waals surface area contributed by atoms with Crippen LogP contribution in [0.4, 0.5) is 0 Å². The van der Waals surface area contributed by atoms with E-state index < -0.39 is 6.10 Å².